The fraction of sp³-hybridized carbons (Fsp3) is 0.125. The van der Waals surface area contributed by atoms with Crippen LogP contribution in [0.4, 0.5) is 0 Å². The molecule has 0 aliphatic rings. The molecule has 0 aliphatic heterocycles. The van der Waals surface area contributed by atoms with Crippen molar-refractivity contribution in [2.45, 2.75) is 5.75 Å². The molecular formula is C8H10N2O2S. The zero-order chi connectivity index (χ0) is 9.84. The molecule has 70 valence electrons. The molecule has 0 heterocycles. The highest BCUT2D eigenvalue weighted by Crippen LogP contribution is 2.04. The molecule has 0 atom stereocenters. The zero-order valence-corrected chi connectivity index (χ0v) is 7.75. The van der Waals surface area contributed by atoms with E-state index in [2.05, 4.69) is 0 Å². The van der Waals surface area contributed by atoms with Gasteiger partial charge in [0.2, 0.25) is 0 Å². The normalized spacial score (nSPS) is 10.2. The molecule has 0 amide bonds. The Morgan fingerprint density at radius 3 is 2.23 bits per heavy atom. The third-order valence-corrected chi connectivity index (χ3v) is 2.20. The van der Waals surface area contributed by atoms with Crippen LogP contribution in [0.25, 0.3) is 0 Å². The van der Waals surface area contributed by atoms with Gasteiger partial charge in [-0.1, -0.05) is 24.3 Å². The number of hydrogen-bond donors (Lipinski definition) is 3. The quantitative estimate of drug-likeness (QED) is 0.365. The van der Waals surface area contributed by atoms with Crippen molar-refractivity contribution < 1.29 is 8.42 Å². The fourth-order valence-corrected chi connectivity index (χ4v) is 1.45. The van der Waals surface area contributed by atoms with E-state index in [0.29, 0.717) is 11.1 Å². The predicted octanol–water partition coefficient (Wildman–Crippen LogP) is 0.0821. The first-order valence-corrected chi connectivity index (χ1v) is 5.01. The van der Waals surface area contributed by atoms with Crippen molar-refractivity contribution in [3.05, 3.63) is 35.4 Å². The molecule has 1 aromatic rings. The van der Waals surface area contributed by atoms with Crippen LogP contribution >= 0.6 is 0 Å². The van der Waals surface area contributed by atoms with Gasteiger partial charge >= 0.3 is 0 Å². The molecule has 0 aliphatic carbocycles. The second kappa shape index (κ2) is 4.04. The van der Waals surface area contributed by atoms with Gasteiger partial charge in [0, 0.05) is 5.56 Å². The van der Waals surface area contributed by atoms with Crippen molar-refractivity contribution in [1.82, 2.24) is 0 Å². The van der Waals surface area contributed by atoms with Crippen LogP contribution in [0.5, 0.6) is 0 Å². The van der Waals surface area contributed by atoms with E-state index in [1.165, 1.54) is 0 Å². The summed E-state index contributed by atoms with van der Waals surface area (Å²) in [7, 11) is -2.39. The molecule has 1 rings (SSSR count). The third-order valence-electron chi connectivity index (χ3n) is 1.58. The Morgan fingerprint density at radius 1 is 1.31 bits per heavy atom. The van der Waals surface area contributed by atoms with Crippen LogP contribution in [-0.2, 0) is 16.5 Å². The van der Waals surface area contributed by atoms with Gasteiger partial charge in [-0.15, -0.1) is 0 Å². The Labute approximate surface area is 77.8 Å². The Morgan fingerprint density at radius 2 is 1.85 bits per heavy atom. The molecule has 0 unspecified atom stereocenters. The van der Waals surface area contributed by atoms with Crippen molar-refractivity contribution in [1.29, 1.82) is 5.41 Å². The van der Waals surface area contributed by atoms with Crippen molar-refractivity contribution >= 4 is 16.5 Å². The Bertz CT molecular complexity index is 374. The van der Waals surface area contributed by atoms with Gasteiger partial charge < -0.3 is 5.73 Å². The van der Waals surface area contributed by atoms with Gasteiger partial charge in [-0.05, 0) is 5.56 Å². The standard InChI is InChI=1S/C8H10N2O2S/c9-8(10)7-3-1-6(2-4-7)5-13(11)12/h1-4,13H,5H2,(H3,9,10). The van der Waals surface area contributed by atoms with E-state index >= 15 is 0 Å². The van der Waals surface area contributed by atoms with Gasteiger partial charge in [-0.25, -0.2) is 8.42 Å². The minimum Gasteiger partial charge on any atom is -0.384 e. The molecule has 13 heavy (non-hydrogen) atoms. The molecule has 5 heteroatoms. The average Bonchev–Trinajstić information content (AvgIpc) is 2.04. The average molecular weight is 198 g/mol. The lowest BCUT2D eigenvalue weighted by Gasteiger charge is -1.98. The van der Waals surface area contributed by atoms with Crippen LogP contribution in [-0.4, -0.2) is 14.3 Å². The molecule has 4 nitrogen and oxygen atoms in total. The summed E-state index contributed by atoms with van der Waals surface area (Å²) in [5.74, 6) is 0.0196. The van der Waals surface area contributed by atoms with E-state index in [9.17, 15) is 8.42 Å². The van der Waals surface area contributed by atoms with Crippen LogP contribution in [0.1, 0.15) is 11.1 Å². The first kappa shape index (κ1) is 9.73. The summed E-state index contributed by atoms with van der Waals surface area (Å²) in [6, 6.07) is 6.58. The van der Waals surface area contributed by atoms with E-state index in [1.54, 1.807) is 24.3 Å². The fourth-order valence-electron chi connectivity index (χ4n) is 0.939. The van der Waals surface area contributed by atoms with E-state index in [4.69, 9.17) is 11.1 Å². The molecule has 1 aromatic carbocycles. The summed E-state index contributed by atoms with van der Waals surface area (Å²) in [6.45, 7) is 0. The van der Waals surface area contributed by atoms with Crippen LogP contribution in [0.15, 0.2) is 24.3 Å². The Hall–Kier alpha value is -1.36. The van der Waals surface area contributed by atoms with E-state index in [0.717, 1.165) is 0 Å². The van der Waals surface area contributed by atoms with Crippen LogP contribution in [0.3, 0.4) is 0 Å². The number of benzene rings is 1. The van der Waals surface area contributed by atoms with E-state index in [-0.39, 0.29) is 11.6 Å². The maximum Gasteiger partial charge on any atom is 0.144 e. The molecule has 0 spiro atoms. The largest absolute Gasteiger partial charge is 0.384 e. The lowest BCUT2D eigenvalue weighted by atomic mass is 10.1. The van der Waals surface area contributed by atoms with Crippen molar-refractivity contribution in [2.24, 2.45) is 5.73 Å². The molecule has 0 bridgehead atoms. The maximum absolute atomic E-state index is 10.4. The molecule has 0 saturated carbocycles. The van der Waals surface area contributed by atoms with Crippen LogP contribution in [0, 0.1) is 5.41 Å². The highest BCUT2D eigenvalue weighted by atomic mass is 32.2. The minimum atomic E-state index is -2.39. The number of nitrogens with one attached hydrogen (secondary N) is 1. The number of nitrogen functional groups attached to an aromatic ring is 1. The molecule has 0 fully saturated rings. The summed E-state index contributed by atoms with van der Waals surface area (Å²) in [5.41, 5.74) is 6.54. The van der Waals surface area contributed by atoms with E-state index in [1.807, 2.05) is 0 Å². The number of thiol groups is 1. The summed E-state index contributed by atoms with van der Waals surface area (Å²) in [4.78, 5) is 0. The van der Waals surface area contributed by atoms with Crippen LogP contribution in [0.2, 0.25) is 0 Å². The van der Waals surface area contributed by atoms with Crippen LogP contribution < -0.4 is 5.73 Å². The first-order chi connectivity index (χ1) is 6.09. The summed E-state index contributed by atoms with van der Waals surface area (Å²) < 4.78 is 20.7. The number of amidine groups is 1. The van der Waals surface area contributed by atoms with Gasteiger partial charge in [0.25, 0.3) is 0 Å². The number of hydrogen-bond acceptors (Lipinski definition) is 3. The summed E-state index contributed by atoms with van der Waals surface area (Å²) in [5, 5.41) is 7.11. The SMILES string of the molecule is N=C(N)c1ccc(C[SH](=O)=O)cc1. The second-order valence-electron chi connectivity index (χ2n) is 2.60. The highest BCUT2D eigenvalue weighted by molar-refractivity contribution is 7.71. The minimum absolute atomic E-state index is 0.0157. The van der Waals surface area contributed by atoms with Gasteiger partial charge in [-0.3, -0.25) is 5.41 Å². The topological polar surface area (TPSA) is 84.0 Å². The summed E-state index contributed by atoms with van der Waals surface area (Å²) in [6.07, 6.45) is 0. The smallest absolute Gasteiger partial charge is 0.144 e. The lowest BCUT2D eigenvalue weighted by molar-refractivity contribution is 0.614. The van der Waals surface area contributed by atoms with Gasteiger partial charge in [0.05, 0.1) is 5.75 Å². The monoisotopic (exact) mass is 198 g/mol. The number of nitrogens with two attached hydrogens (primary N) is 1. The Kier molecular flexibility index (Phi) is 3.02. The lowest BCUT2D eigenvalue weighted by Crippen LogP contribution is -2.10. The van der Waals surface area contributed by atoms with Gasteiger partial charge in [0.1, 0.15) is 16.5 Å². The molecule has 0 radical (unpaired) electrons. The maximum atomic E-state index is 10.4. The van der Waals surface area contributed by atoms with Crippen molar-refractivity contribution in [3.63, 3.8) is 0 Å². The van der Waals surface area contributed by atoms with Gasteiger partial charge in [-0.2, -0.15) is 0 Å². The molecule has 0 aromatic heterocycles. The molecular weight excluding hydrogens is 188 g/mol. The van der Waals surface area contributed by atoms with Crippen molar-refractivity contribution in [2.75, 3.05) is 0 Å². The predicted molar refractivity (Wildman–Crippen MR) is 51.5 cm³/mol. The highest BCUT2D eigenvalue weighted by Gasteiger charge is 1.97. The third kappa shape index (κ3) is 2.87. The zero-order valence-electron chi connectivity index (χ0n) is 6.86. The first-order valence-electron chi connectivity index (χ1n) is 3.64. The van der Waals surface area contributed by atoms with Crippen molar-refractivity contribution in [3.8, 4) is 0 Å². The summed E-state index contributed by atoms with van der Waals surface area (Å²) >= 11 is 0. The molecule has 0 saturated heterocycles. The second-order valence-corrected chi connectivity index (χ2v) is 3.58. The Balaban J connectivity index is 2.87. The van der Waals surface area contributed by atoms with E-state index < -0.39 is 10.7 Å². The molecule has 3 N–H and O–H groups in total. The number of rotatable bonds is 3. The van der Waals surface area contributed by atoms with Gasteiger partial charge in [0.15, 0.2) is 0 Å².